The molecule has 4 aliphatic carbocycles. The Hall–Kier alpha value is -2.38. The summed E-state index contributed by atoms with van der Waals surface area (Å²) in [6, 6.07) is 2.96. The molecule has 0 unspecified atom stereocenters. The molecule has 0 radical (unpaired) electrons. The normalized spacial score (nSPS) is 27.9. The summed E-state index contributed by atoms with van der Waals surface area (Å²) in [5, 5.41) is 9.29. The average molecular weight is 448 g/mol. The van der Waals surface area contributed by atoms with Gasteiger partial charge in [0, 0.05) is 67.3 Å². The topological polar surface area (TPSA) is 72.1 Å². The predicted molar refractivity (Wildman–Crippen MR) is 121 cm³/mol. The minimum absolute atomic E-state index is 0.276. The third-order valence-electron chi connectivity index (χ3n) is 9.45. The molecule has 8 rings (SSSR count). The van der Waals surface area contributed by atoms with Crippen molar-refractivity contribution in [2.75, 3.05) is 26.2 Å². The van der Waals surface area contributed by atoms with Gasteiger partial charge in [-0.1, -0.05) is 0 Å². The molecular formula is C25H33N7O. The van der Waals surface area contributed by atoms with Gasteiger partial charge in [-0.05, 0) is 63.4 Å². The number of rotatable bonds is 5. The maximum absolute atomic E-state index is 13.0. The molecule has 0 bridgehead atoms. The highest BCUT2D eigenvalue weighted by Crippen LogP contribution is 2.56. The third-order valence-corrected chi connectivity index (χ3v) is 9.45. The minimum Gasteiger partial charge on any atom is -0.323 e. The Labute approximate surface area is 194 Å². The Kier molecular flexibility index (Phi) is 3.68. The fourth-order valence-corrected chi connectivity index (χ4v) is 7.39. The van der Waals surface area contributed by atoms with Gasteiger partial charge >= 0.3 is 6.03 Å². The van der Waals surface area contributed by atoms with Crippen LogP contribution in [0.15, 0.2) is 18.6 Å². The van der Waals surface area contributed by atoms with Crippen molar-refractivity contribution in [1.82, 2.24) is 34.3 Å². The highest BCUT2D eigenvalue weighted by Gasteiger charge is 2.58. The molecule has 2 aliphatic heterocycles. The zero-order valence-corrected chi connectivity index (χ0v) is 19.3. The van der Waals surface area contributed by atoms with Crippen LogP contribution in [0.5, 0.6) is 0 Å². The van der Waals surface area contributed by atoms with Gasteiger partial charge in [0.15, 0.2) is 5.82 Å². The Balaban J connectivity index is 0.794. The lowest BCUT2D eigenvalue weighted by Crippen LogP contribution is -2.71. The first kappa shape index (κ1) is 19.0. The minimum atomic E-state index is 0.276. The van der Waals surface area contributed by atoms with Crippen LogP contribution in [0.4, 0.5) is 4.79 Å². The molecule has 0 atom stereocenters. The number of carbonyl (C=O) groups excluding carboxylic acids is 1. The van der Waals surface area contributed by atoms with Gasteiger partial charge < -0.3 is 9.80 Å². The molecule has 2 aromatic rings. The number of aromatic nitrogens is 5. The monoisotopic (exact) mass is 447 g/mol. The van der Waals surface area contributed by atoms with Crippen molar-refractivity contribution >= 4 is 6.03 Å². The lowest BCUT2D eigenvalue weighted by molar-refractivity contribution is -0.109. The van der Waals surface area contributed by atoms with E-state index < -0.39 is 0 Å². The number of nitrogens with zero attached hydrogens (tertiary/aromatic N) is 7. The van der Waals surface area contributed by atoms with Gasteiger partial charge in [-0.3, -0.25) is 4.68 Å². The lowest BCUT2D eigenvalue weighted by Gasteiger charge is -2.63. The van der Waals surface area contributed by atoms with Gasteiger partial charge in [-0.2, -0.15) is 10.2 Å². The first-order valence-electron chi connectivity index (χ1n) is 13.0. The van der Waals surface area contributed by atoms with E-state index >= 15 is 0 Å². The van der Waals surface area contributed by atoms with Crippen LogP contribution in [-0.2, 0) is 6.54 Å². The molecule has 2 aromatic heterocycles. The molecule has 33 heavy (non-hydrogen) atoms. The lowest BCUT2D eigenvalue weighted by atomic mass is 9.57. The third kappa shape index (κ3) is 3.01. The van der Waals surface area contributed by atoms with E-state index in [4.69, 9.17) is 5.10 Å². The van der Waals surface area contributed by atoms with Gasteiger partial charge in [-0.25, -0.2) is 14.5 Å². The number of likely N-dealkylation sites (tertiary alicyclic amines) is 2. The molecule has 0 aromatic carbocycles. The van der Waals surface area contributed by atoms with Crippen molar-refractivity contribution in [1.29, 1.82) is 0 Å². The van der Waals surface area contributed by atoms with Crippen LogP contribution >= 0.6 is 0 Å². The second-order valence-electron chi connectivity index (χ2n) is 12.4. The molecule has 2 spiro atoms. The molecule has 4 heterocycles. The molecule has 8 heteroatoms. The number of amides is 2. The van der Waals surface area contributed by atoms with E-state index in [1.54, 1.807) is 0 Å². The van der Waals surface area contributed by atoms with E-state index in [0.29, 0.717) is 22.8 Å². The fraction of sp³-hybridized carbons (Fsp3) is 0.760. The smallest absolute Gasteiger partial charge is 0.320 e. The zero-order chi connectivity index (χ0) is 21.8. The molecule has 174 valence electrons. The van der Waals surface area contributed by atoms with Gasteiger partial charge in [0.05, 0.1) is 6.04 Å². The second kappa shape index (κ2) is 6.39. The molecule has 4 saturated carbocycles. The van der Waals surface area contributed by atoms with Crippen LogP contribution in [0.1, 0.15) is 80.8 Å². The van der Waals surface area contributed by atoms with Crippen molar-refractivity contribution < 1.29 is 4.79 Å². The van der Waals surface area contributed by atoms with Crippen LogP contribution in [0.3, 0.4) is 0 Å². The summed E-state index contributed by atoms with van der Waals surface area (Å²) in [5.74, 6) is 3.16. The van der Waals surface area contributed by atoms with Crippen LogP contribution in [0.25, 0.3) is 0 Å². The molecule has 8 nitrogen and oxygen atoms in total. The van der Waals surface area contributed by atoms with Gasteiger partial charge in [0.2, 0.25) is 0 Å². The summed E-state index contributed by atoms with van der Waals surface area (Å²) in [4.78, 5) is 21.7. The van der Waals surface area contributed by atoms with E-state index in [-0.39, 0.29) is 6.03 Å². The first-order valence-corrected chi connectivity index (χ1v) is 13.0. The summed E-state index contributed by atoms with van der Waals surface area (Å²) in [6.07, 6.45) is 13.9. The van der Waals surface area contributed by atoms with E-state index in [1.165, 1.54) is 44.2 Å². The van der Waals surface area contributed by atoms with Crippen LogP contribution in [0.2, 0.25) is 0 Å². The number of hydrogen-bond donors (Lipinski definition) is 0. The van der Waals surface area contributed by atoms with Crippen LogP contribution in [-0.4, -0.2) is 66.6 Å². The van der Waals surface area contributed by atoms with Crippen LogP contribution in [0, 0.1) is 16.7 Å². The molecule has 2 saturated heterocycles. The molecular weight excluding hydrogens is 414 g/mol. The first-order chi connectivity index (χ1) is 16.1. The summed E-state index contributed by atoms with van der Waals surface area (Å²) in [7, 11) is 0. The Morgan fingerprint density at radius 3 is 2.27 bits per heavy atom. The van der Waals surface area contributed by atoms with E-state index in [0.717, 1.165) is 63.2 Å². The molecule has 6 aliphatic rings. The van der Waals surface area contributed by atoms with Crippen molar-refractivity contribution in [3.8, 4) is 0 Å². The number of hydrogen-bond acceptors (Lipinski definition) is 4. The Morgan fingerprint density at radius 1 is 0.939 bits per heavy atom. The maximum atomic E-state index is 13.0. The molecule has 0 N–H and O–H groups in total. The standard InChI is InChI=1S/C25H33N7O/c33-23(30-14-25(15-30)9-20(10-25)32-16-26-22(28-32)19-3-4-19)29-12-24(13-29)7-17(8-24)11-31-21(5-6-27-31)18-1-2-18/h5-6,16-20H,1-4,7-15H2. The van der Waals surface area contributed by atoms with Crippen molar-refractivity contribution in [3.63, 3.8) is 0 Å². The van der Waals surface area contributed by atoms with Gasteiger partial charge in [-0.15, -0.1) is 0 Å². The Morgan fingerprint density at radius 2 is 1.61 bits per heavy atom. The highest BCUT2D eigenvalue weighted by atomic mass is 16.2. The quantitative estimate of drug-likeness (QED) is 0.704. The summed E-state index contributed by atoms with van der Waals surface area (Å²) >= 11 is 0. The zero-order valence-electron chi connectivity index (χ0n) is 19.3. The van der Waals surface area contributed by atoms with Crippen molar-refractivity contribution in [2.45, 2.75) is 75.8 Å². The van der Waals surface area contributed by atoms with E-state index in [2.05, 4.69) is 35.3 Å². The predicted octanol–water partition coefficient (Wildman–Crippen LogP) is 3.40. The summed E-state index contributed by atoms with van der Waals surface area (Å²) < 4.78 is 4.35. The van der Waals surface area contributed by atoms with Crippen molar-refractivity contribution in [3.05, 3.63) is 30.1 Å². The summed E-state index contributed by atoms with van der Waals surface area (Å²) in [6.45, 7) is 4.86. The van der Waals surface area contributed by atoms with Gasteiger partial charge in [0.25, 0.3) is 0 Å². The van der Waals surface area contributed by atoms with E-state index in [1.807, 2.05) is 12.5 Å². The maximum Gasteiger partial charge on any atom is 0.320 e. The van der Waals surface area contributed by atoms with Crippen LogP contribution < -0.4 is 0 Å². The fourth-order valence-electron chi connectivity index (χ4n) is 7.39. The highest BCUT2D eigenvalue weighted by molar-refractivity contribution is 5.77. The largest absolute Gasteiger partial charge is 0.323 e. The van der Waals surface area contributed by atoms with Gasteiger partial charge in [0.1, 0.15) is 6.33 Å². The second-order valence-corrected chi connectivity index (χ2v) is 12.4. The van der Waals surface area contributed by atoms with Crippen molar-refractivity contribution in [2.24, 2.45) is 16.7 Å². The molecule has 6 fully saturated rings. The SMILES string of the molecule is O=C(N1CC2(CC(Cn3nccc3C3CC3)C2)C1)N1CC2(CC(n3cnc(C4CC4)n3)C2)C1. The Bertz CT molecular complexity index is 1080. The summed E-state index contributed by atoms with van der Waals surface area (Å²) in [5.41, 5.74) is 2.20. The average Bonchev–Trinajstić information content (AvgIpc) is 3.62. The van der Waals surface area contributed by atoms with E-state index in [9.17, 15) is 4.79 Å². The number of carbonyl (C=O) groups is 1. The molecule has 2 amide bonds. The number of urea groups is 1.